The molecule has 7 heteroatoms. The summed E-state index contributed by atoms with van der Waals surface area (Å²) in [6, 6.07) is 8.73. The van der Waals surface area contributed by atoms with Crippen molar-refractivity contribution >= 4 is 27.6 Å². The maximum absolute atomic E-state index is 13.9. The summed E-state index contributed by atoms with van der Waals surface area (Å²) in [7, 11) is 3.29. The Hall–Kier alpha value is -1.70. The second-order valence-electron chi connectivity index (χ2n) is 6.59. The van der Waals surface area contributed by atoms with Crippen molar-refractivity contribution in [1.82, 2.24) is 4.90 Å². The van der Waals surface area contributed by atoms with E-state index in [0.29, 0.717) is 18.7 Å². The van der Waals surface area contributed by atoms with Gasteiger partial charge in [-0.3, -0.25) is 4.90 Å². The number of carbonyl (C=O) groups is 1. The van der Waals surface area contributed by atoms with Crippen LogP contribution in [0, 0.1) is 19.7 Å². The van der Waals surface area contributed by atoms with Crippen LogP contribution >= 0.6 is 21.6 Å². The smallest absolute Gasteiger partial charge is 0.328 e. The Labute approximate surface area is 166 Å². The number of aryl methyl sites for hydroxylation is 2. The molecule has 1 N–H and O–H groups in total. The lowest BCUT2D eigenvalue weighted by Gasteiger charge is -2.33. The summed E-state index contributed by atoms with van der Waals surface area (Å²) < 4.78 is 19.5. The van der Waals surface area contributed by atoms with Crippen molar-refractivity contribution in [2.24, 2.45) is 0 Å². The van der Waals surface area contributed by atoms with E-state index in [9.17, 15) is 14.3 Å². The van der Waals surface area contributed by atoms with Gasteiger partial charge in [-0.2, -0.15) is 0 Å². The van der Waals surface area contributed by atoms with Crippen LogP contribution in [0.2, 0.25) is 0 Å². The summed E-state index contributed by atoms with van der Waals surface area (Å²) in [5.41, 5.74) is 1.50. The Morgan fingerprint density at radius 2 is 2.19 bits per heavy atom. The van der Waals surface area contributed by atoms with E-state index >= 15 is 0 Å². The molecule has 0 amide bonds. The maximum atomic E-state index is 13.9. The highest BCUT2D eigenvalue weighted by atomic mass is 33.1. The van der Waals surface area contributed by atoms with Crippen molar-refractivity contribution in [3.05, 3.63) is 64.9 Å². The van der Waals surface area contributed by atoms with Crippen LogP contribution in [0.3, 0.4) is 0 Å². The van der Waals surface area contributed by atoms with E-state index in [2.05, 4.69) is 4.90 Å². The first kappa shape index (κ1) is 20.0. The third-order valence-electron chi connectivity index (χ3n) is 4.44. The molecule has 1 aliphatic rings. The first-order valence-electron chi connectivity index (χ1n) is 8.72. The van der Waals surface area contributed by atoms with Gasteiger partial charge in [-0.15, -0.1) is 0 Å². The van der Waals surface area contributed by atoms with Crippen molar-refractivity contribution in [2.75, 3.05) is 13.1 Å². The largest absolute Gasteiger partial charge is 0.478 e. The molecule has 1 atom stereocenters. The van der Waals surface area contributed by atoms with Crippen molar-refractivity contribution in [1.29, 1.82) is 0 Å². The summed E-state index contributed by atoms with van der Waals surface area (Å²) in [4.78, 5) is 14.4. The fraction of sp³-hybridized carbons (Fsp3) is 0.350. The van der Waals surface area contributed by atoms with E-state index in [1.165, 1.54) is 12.1 Å². The molecule has 2 aromatic rings. The maximum Gasteiger partial charge on any atom is 0.328 e. The predicted octanol–water partition coefficient (Wildman–Crippen LogP) is 5.06. The van der Waals surface area contributed by atoms with Gasteiger partial charge in [-0.05, 0) is 38.0 Å². The molecule has 3 rings (SSSR count). The Morgan fingerprint density at radius 3 is 2.85 bits per heavy atom. The highest BCUT2D eigenvalue weighted by molar-refractivity contribution is 8.77. The number of halogens is 1. The predicted molar refractivity (Wildman–Crippen MR) is 107 cm³/mol. The van der Waals surface area contributed by atoms with E-state index in [0.717, 1.165) is 35.0 Å². The zero-order chi connectivity index (χ0) is 19.4. The fourth-order valence-electron chi connectivity index (χ4n) is 3.13. The van der Waals surface area contributed by atoms with E-state index in [1.807, 2.05) is 26.0 Å². The van der Waals surface area contributed by atoms with E-state index < -0.39 is 5.97 Å². The Balaban J connectivity index is 1.67. The zero-order valence-corrected chi connectivity index (χ0v) is 16.9. The molecule has 0 bridgehead atoms. The molecule has 1 saturated heterocycles. The summed E-state index contributed by atoms with van der Waals surface area (Å²) in [6.45, 7) is 5.66. The van der Waals surface area contributed by atoms with Crippen LogP contribution in [-0.2, 0) is 11.3 Å². The number of carboxylic acids is 1. The van der Waals surface area contributed by atoms with Gasteiger partial charge in [0.15, 0.2) is 0 Å². The van der Waals surface area contributed by atoms with Crippen LogP contribution in [0.1, 0.15) is 23.5 Å². The van der Waals surface area contributed by atoms with Gasteiger partial charge < -0.3 is 9.52 Å². The molecule has 27 heavy (non-hydrogen) atoms. The molecule has 0 spiro atoms. The monoisotopic (exact) mass is 407 g/mol. The van der Waals surface area contributed by atoms with Crippen LogP contribution in [0.4, 0.5) is 4.39 Å². The highest BCUT2D eigenvalue weighted by Gasteiger charge is 2.26. The molecule has 1 aliphatic heterocycles. The number of likely N-dealkylation sites (tertiary alicyclic amines) is 1. The lowest BCUT2D eigenvalue weighted by molar-refractivity contribution is -0.131. The second-order valence-corrected chi connectivity index (χ2v) is 9.04. The van der Waals surface area contributed by atoms with Gasteiger partial charge in [0, 0.05) is 36.5 Å². The Kier molecular flexibility index (Phi) is 6.68. The standard InChI is InChI=1S/C20H22FNO3S2/c1-13-9-19(14(2)25-13)27-26-18-7-8-22(12-16(18)10-20(23)24)11-15-5-3-4-6-17(15)21/h3-6,9-10,18H,7-8,11-12H2,1-2H3,(H,23,24). The molecular formula is C20H22FNO3S2. The van der Waals surface area contributed by atoms with Crippen molar-refractivity contribution < 1.29 is 18.7 Å². The van der Waals surface area contributed by atoms with E-state index in [4.69, 9.17) is 4.42 Å². The number of aliphatic carboxylic acids is 1. The van der Waals surface area contributed by atoms with Gasteiger partial charge in [0.25, 0.3) is 0 Å². The van der Waals surface area contributed by atoms with Crippen LogP contribution in [0.5, 0.6) is 0 Å². The van der Waals surface area contributed by atoms with Gasteiger partial charge in [0.2, 0.25) is 0 Å². The minimum Gasteiger partial charge on any atom is -0.478 e. The molecule has 1 aromatic carbocycles. The summed E-state index contributed by atoms with van der Waals surface area (Å²) in [5, 5.41) is 9.36. The molecule has 4 nitrogen and oxygen atoms in total. The van der Waals surface area contributed by atoms with Gasteiger partial charge in [0.05, 0.1) is 4.90 Å². The number of benzene rings is 1. The minimum absolute atomic E-state index is 0.109. The molecule has 1 fully saturated rings. The van der Waals surface area contributed by atoms with Crippen LogP contribution in [-0.4, -0.2) is 34.3 Å². The molecular weight excluding hydrogens is 385 g/mol. The normalized spacial score (nSPS) is 19.5. The summed E-state index contributed by atoms with van der Waals surface area (Å²) in [6.07, 6.45) is 2.13. The van der Waals surface area contributed by atoms with Gasteiger partial charge >= 0.3 is 5.97 Å². The van der Waals surface area contributed by atoms with Crippen LogP contribution in [0.15, 0.2) is 51.3 Å². The van der Waals surface area contributed by atoms with E-state index in [-0.39, 0.29) is 11.1 Å². The molecule has 0 aliphatic carbocycles. The molecule has 144 valence electrons. The number of piperidine rings is 1. The minimum atomic E-state index is -0.941. The molecule has 0 saturated carbocycles. The van der Waals surface area contributed by atoms with Crippen molar-refractivity contribution in [3.8, 4) is 0 Å². The third-order valence-corrected chi connectivity index (χ3v) is 7.41. The first-order chi connectivity index (χ1) is 12.9. The SMILES string of the molecule is Cc1cc(SSC2CCN(Cc3ccccc3F)CC2=CC(=O)O)c(C)o1. The van der Waals surface area contributed by atoms with Gasteiger partial charge in [-0.25, -0.2) is 9.18 Å². The van der Waals surface area contributed by atoms with Gasteiger partial charge in [-0.1, -0.05) is 39.8 Å². The Morgan fingerprint density at radius 1 is 1.41 bits per heavy atom. The molecule has 2 heterocycles. The fourth-order valence-corrected chi connectivity index (χ4v) is 6.01. The number of furan rings is 1. The van der Waals surface area contributed by atoms with E-state index in [1.54, 1.807) is 33.7 Å². The highest BCUT2D eigenvalue weighted by Crippen LogP contribution is 2.42. The second kappa shape index (κ2) is 8.99. The van der Waals surface area contributed by atoms with Crippen molar-refractivity contribution in [2.45, 2.75) is 37.0 Å². The number of hydrogen-bond acceptors (Lipinski definition) is 5. The summed E-state index contributed by atoms with van der Waals surface area (Å²) >= 11 is 0. The lowest BCUT2D eigenvalue weighted by atomic mass is 10.0. The first-order valence-corrected chi connectivity index (χ1v) is 10.9. The number of nitrogens with zero attached hydrogens (tertiary/aromatic N) is 1. The molecule has 0 radical (unpaired) electrons. The Bertz CT molecular complexity index is 850. The average Bonchev–Trinajstić information content (AvgIpc) is 2.93. The quantitative estimate of drug-likeness (QED) is 0.533. The zero-order valence-electron chi connectivity index (χ0n) is 15.3. The summed E-state index contributed by atoms with van der Waals surface area (Å²) in [5.74, 6) is 0.588. The van der Waals surface area contributed by atoms with Crippen LogP contribution in [0.25, 0.3) is 0 Å². The molecule has 1 aromatic heterocycles. The number of hydrogen-bond donors (Lipinski definition) is 1. The van der Waals surface area contributed by atoms with Crippen molar-refractivity contribution in [3.63, 3.8) is 0 Å². The topological polar surface area (TPSA) is 53.7 Å². The number of rotatable bonds is 6. The molecule has 1 unspecified atom stereocenters. The number of carboxylic acid groups (broad SMARTS) is 1. The average molecular weight is 408 g/mol. The third kappa shape index (κ3) is 5.40. The van der Waals surface area contributed by atoms with Crippen LogP contribution < -0.4 is 0 Å². The lowest BCUT2D eigenvalue weighted by Crippen LogP contribution is -2.36. The van der Waals surface area contributed by atoms with Gasteiger partial charge in [0.1, 0.15) is 17.3 Å².